The number of aliphatic carboxylic acids is 1. The number of carbonyl (C=O) groups is 1. The molecule has 0 saturated carbocycles. The zero-order valence-corrected chi connectivity index (χ0v) is 11.9. The molecule has 3 aromatic rings. The molecule has 0 atom stereocenters. The quantitative estimate of drug-likeness (QED) is 0.788. The molecule has 0 fully saturated rings. The fourth-order valence-corrected chi connectivity index (χ4v) is 2.24. The lowest BCUT2D eigenvalue weighted by Crippen LogP contribution is -2.02. The van der Waals surface area contributed by atoms with Crippen LogP contribution in [-0.4, -0.2) is 31.1 Å². The van der Waals surface area contributed by atoms with E-state index in [0.717, 1.165) is 5.56 Å². The van der Waals surface area contributed by atoms with Crippen LogP contribution in [0, 0.1) is 11.3 Å². The van der Waals surface area contributed by atoms with Crippen LogP contribution in [0.15, 0.2) is 48.8 Å². The molecule has 0 unspecified atom stereocenters. The smallest absolute Gasteiger partial charge is 0.307 e. The van der Waals surface area contributed by atoms with Gasteiger partial charge in [0.15, 0.2) is 5.69 Å². The third-order valence-electron chi connectivity index (χ3n) is 3.27. The number of nitrogens with zero attached hydrogens (tertiary/aromatic N) is 5. The summed E-state index contributed by atoms with van der Waals surface area (Å²) in [7, 11) is 0. The lowest BCUT2D eigenvalue weighted by Gasteiger charge is -2.07. The number of benzene rings is 1. The monoisotopic (exact) mass is 305 g/mol. The lowest BCUT2D eigenvalue weighted by molar-refractivity contribution is -0.136. The molecule has 2 aromatic heterocycles. The Morgan fingerprint density at radius 2 is 1.87 bits per heavy atom. The van der Waals surface area contributed by atoms with E-state index < -0.39 is 5.97 Å². The molecule has 7 heteroatoms. The summed E-state index contributed by atoms with van der Waals surface area (Å²) in [4.78, 5) is 14.7. The van der Waals surface area contributed by atoms with Gasteiger partial charge in [-0.15, -0.1) is 5.10 Å². The van der Waals surface area contributed by atoms with Crippen molar-refractivity contribution < 1.29 is 9.90 Å². The van der Waals surface area contributed by atoms with Crippen molar-refractivity contribution in [3.05, 3.63) is 60.0 Å². The Morgan fingerprint density at radius 1 is 1.17 bits per heavy atom. The van der Waals surface area contributed by atoms with Gasteiger partial charge in [0.25, 0.3) is 0 Å². The summed E-state index contributed by atoms with van der Waals surface area (Å²) in [5.74, 6) is -0.886. The Labute approximate surface area is 131 Å². The van der Waals surface area contributed by atoms with Gasteiger partial charge in [-0.05, 0) is 29.8 Å². The maximum atomic E-state index is 10.7. The number of carboxylic acids is 1. The molecule has 1 aromatic carbocycles. The van der Waals surface area contributed by atoms with Gasteiger partial charge in [-0.1, -0.05) is 17.3 Å². The van der Waals surface area contributed by atoms with Crippen LogP contribution in [0.4, 0.5) is 0 Å². The number of aromatic nitrogens is 4. The van der Waals surface area contributed by atoms with E-state index in [4.69, 9.17) is 5.11 Å². The number of rotatable bonds is 4. The summed E-state index contributed by atoms with van der Waals surface area (Å²) in [6, 6.07) is 12.5. The Hall–Kier alpha value is -3.53. The number of nitriles is 1. The van der Waals surface area contributed by atoms with Crippen molar-refractivity contribution in [3.8, 4) is 23.0 Å². The molecule has 112 valence electrons. The van der Waals surface area contributed by atoms with Crippen LogP contribution >= 0.6 is 0 Å². The van der Waals surface area contributed by atoms with E-state index in [1.165, 1.54) is 0 Å². The van der Waals surface area contributed by atoms with Crippen LogP contribution in [0.2, 0.25) is 0 Å². The van der Waals surface area contributed by atoms with Gasteiger partial charge in [-0.25, -0.2) is 4.68 Å². The molecule has 3 rings (SSSR count). The van der Waals surface area contributed by atoms with Gasteiger partial charge in [0.05, 0.1) is 12.1 Å². The molecular weight excluding hydrogens is 294 g/mol. The summed E-state index contributed by atoms with van der Waals surface area (Å²) in [6.45, 7) is 0. The Kier molecular flexibility index (Phi) is 3.80. The van der Waals surface area contributed by atoms with Crippen LogP contribution < -0.4 is 0 Å². The largest absolute Gasteiger partial charge is 0.481 e. The van der Waals surface area contributed by atoms with E-state index in [1.54, 1.807) is 53.5 Å². The highest BCUT2D eigenvalue weighted by molar-refractivity contribution is 5.70. The van der Waals surface area contributed by atoms with E-state index >= 15 is 0 Å². The van der Waals surface area contributed by atoms with E-state index in [1.807, 2.05) is 6.07 Å². The highest BCUT2D eigenvalue weighted by Crippen LogP contribution is 2.24. The van der Waals surface area contributed by atoms with E-state index in [2.05, 4.69) is 15.3 Å². The molecule has 0 aliphatic carbocycles. The minimum Gasteiger partial charge on any atom is -0.481 e. The van der Waals surface area contributed by atoms with Crippen molar-refractivity contribution in [2.24, 2.45) is 0 Å². The minimum atomic E-state index is -0.886. The molecule has 0 amide bonds. The van der Waals surface area contributed by atoms with Crippen LogP contribution in [0.3, 0.4) is 0 Å². The van der Waals surface area contributed by atoms with Crippen LogP contribution in [-0.2, 0) is 11.2 Å². The predicted octanol–water partition coefficient (Wildman–Crippen LogP) is 1.83. The van der Waals surface area contributed by atoms with Gasteiger partial charge in [-0.2, -0.15) is 5.26 Å². The zero-order chi connectivity index (χ0) is 16.2. The predicted molar refractivity (Wildman–Crippen MR) is 80.6 cm³/mol. The number of hydrogen-bond donors (Lipinski definition) is 1. The van der Waals surface area contributed by atoms with Crippen LogP contribution in [0.25, 0.3) is 16.9 Å². The molecular formula is C16H11N5O2. The summed E-state index contributed by atoms with van der Waals surface area (Å²) in [6.07, 6.45) is 3.21. The van der Waals surface area contributed by atoms with Gasteiger partial charge in [0.2, 0.25) is 0 Å². The topological polar surface area (TPSA) is 105 Å². The highest BCUT2D eigenvalue weighted by atomic mass is 16.4. The Bertz CT molecular complexity index is 879. The fourth-order valence-electron chi connectivity index (χ4n) is 2.24. The van der Waals surface area contributed by atoms with E-state index in [0.29, 0.717) is 16.9 Å². The van der Waals surface area contributed by atoms with Crippen molar-refractivity contribution in [2.45, 2.75) is 6.42 Å². The molecule has 0 aliphatic heterocycles. The Balaban J connectivity index is 2.06. The minimum absolute atomic E-state index is 0.0434. The number of carboxylic acid groups (broad SMARTS) is 1. The molecule has 0 aliphatic rings. The first-order chi connectivity index (χ1) is 11.2. The lowest BCUT2D eigenvalue weighted by atomic mass is 10.1. The molecule has 0 spiro atoms. The van der Waals surface area contributed by atoms with Gasteiger partial charge >= 0.3 is 5.97 Å². The first kappa shape index (κ1) is 14.4. The van der Waals surface area contributed by atoms with Crippen molar-refractivity contribution in [3.63, 3.8) is 0 Å². The second kappa shape index (κ2) is 6.07. The molecule has 7 nitrogen and oxygen atoms in total. The van der Waals surface area contributed by atoms with Gasteiger partial charge in [0.1, 0.15) is 11.8 Å². The first-order valence-corrected chi connectivity index (χ1v) is 6.76. The van der Waals surface area contributed by atoms with Crippen molar-refractivity contribution in [1.29, 1.82) is 5.26 Å². The molecule has 0 saturated heterocycles. The van der Waals surface area contributed by atoms with E-state index in [-0.39, 0.29) is 12.1 Å². The molecule has 0 radical (unpaired) electrons. The fraction of sp³-hybridized carbons (Fsp3) is 0.0625. The standard InChI is InChI=1S/C16H11N5O2/c17-10-14-16(12-5-7-18-8-6-12)21(20-19-14)13-3-1-11(2-4-13)9-15(22)23/h1-8H,9H2,(H,22,23). The average molecular weight is 305 g/mol. The average Bonchev–Trinajstić information content (AvgIpc) is 3.00. The second-order valence-corrected chi connectivity index (χ2v) is 4.78. The molecule has 23 heavy (non-hydrogen) atoms. The summed E-state index contributed by atoms with van der Waals surface area (Å²) in [5.41, 5.74) is 2.94. The van der Waals surface area contributed by atoms with Gasteiger partial charge < -0.3 is 5.11 Å². The van der Waals surface area contributed by atoms with Crippen molar-refractivity contribution in [1.82, 2.24) is 20.0 Å². The third kappa shape index (κ3) is 2.91. The van der Waals surface area contributed by atoms with Crippen LogP contribution in [0.5, 0.6) is 0 Å². The molecule has 2 heterocycles. The van der Waals surface area contributed by atoms with Crippen molar-refractivity contribution in [2.75, 3.05) is 0 Å². The molecule has 1 N–H and O–H groups in total. The highest BCUT2D eigenvalue weighted by Gasteiger charge is 2.16. The van der Waals surface area contributed by atoms with E-state index in [9.17, 15) is 10.1 Å². The summed E-state index contributed by atoms with van der Waals surface area (Å²) < 4.78 is 1.55. The van der Waals surface area contributed by atoms with Crippen LogP contribution in [0.1, 0.15) is 11.3 Å². The normalized spacial score (nSPS) is 10.2. The maximum Gasteiger partial charge on any atom is 0.307 e. The Morgan fingerprint density at radius 3 is 2.48 bits per heavy atom. The zero-order valence-electron chi connectivity index (χ0n) is 11.9. The maximum absolute atomic E-state index is 10.7. The summed E-state index contributed by atoms with van der Waals surface area (Å²) >= 11 is 0. The molecule has 0 bridgehead atoms. The van der Waals surface area contributed by atoms with Gasteiger partial charge in [-0.3, -0.25) is 9.78 Å². The van der Waals surface area contributed by atoms with Crippen molar-refractivity contribution >= 4 is 5.97 Å². The first-order valence-electron chi connectivity index (χ1n) is 6.76. The SMILES string of the molecule is N#Cc1nnn(-c2ccc(CC(=O)O)cc2)c1-c1ccncc1. The number of hydrogen-bond acceptors (Lipinski definition) is 5. The third-order valence-corrected chi connectivity index (χ3v) is 3.27. The number of pyridine rings is 1. The van der Waals surface area contributed by atoms with Gasteiger partial charge in [0, 0.05) is 18.0 Å². The second-order valence-electron chi connectivity index (χ2n) is 4.78. The summed E-state index contributed by atoms with van der Waals surface area (Å²) in [5, 5.41) is 26.0.